The number of amides is 1. The van der Waals surface area contributed by atoms with E-state index in [2.05, 4.69) is 10.1 Å². The summed E-state index contributed by atoms with van der Waals surface area (Å²) in [5, 5.41) is 13.2. The van der Waals surface area contributed by atoms with Crippen LogP contribution in [0.25, 0.3) is 11.1 Å². The van der Waals surface area contributed by atoms with Crippen LogP contribution >= 0.6 is 0 Å². The lowest BCUT2D eigenvalue weighted by atomic mass is 10.0. The van der Waals surface area contributed by atoms with Crippen molar-refractivity contribution in [3.8, 4) is 28.8 Å². The summed E-state index contributed by atoms with van der Waals surface area (Å²) in [6.07, 6.45) is 3.38. The molecule has 4 aromatic rings. The van der Waals surface area contributed by atoms with Crippen LogP contribution in [0, 0.1) is 29.9 Å². The second-order valence-corrected chi connectivity index (χ2v) is 8.29. The molecule has 0 fully saturated rings. The minimum Gasteiger partial charge on any atom is -0.432 e. The molecule has 0 atom stereocenters. The molecule has 0 spiro atoms. The van der Waals surface area contributed by atoms with Crippen LogP contribution in [0.1, 0.15) is 32.7 Å². The maximum absolute atomic E-state index is 14.3. The second kappa shape index (κ2) is 8.65. The molecule has 2 aromatic carbocycles. The number of halogens is 2. The zero-order valence-corrected chi connectivity index (χ0v) is 18.9. The Morgan fingerprint density at radius 1 is 1.14 bits per heavy atom. The van der Waals surface area contributed by atoms with Gasteiger partial charge >= 0.3 is 0 Å². The van der Waals surface area contributed by atoms with E-state index in [1.54, 1.807) is 21.7 Å². The fourth-order valence-electron chi connectivity index (χ4n) is 4.19. The van der Waals surface area contributed by atoms with E-state index in [0.29, 0.717) is 18.7 Å². The quantitative estimate of drug-likeness (QED) is 0.414. The highest BCUT2D eigenvalue weighted by atomic mass is 19.1. The van der Waals surface area contributed by atoms with Crippen molar-refractivity contribution in [2.75, 3.05) is 0 Å². The van der Waals surface area contributed by atoms with Crippen LogP contribution < -0.4 is 4.74 Å². The first-order valence-electron chi connectivity index (χ1n) is 10.8. The summed E-state index contributed by atoms with van der Waals surface area (Å²) in [6, 6.07) is 13.0. The van der Waals surface area contributed by atoms with Crippen LogP contribution in [0.2, 0.25) is 0 Å². The summed E-state index contributed by atoms with van der Waals surface area (Å²) in [4.78, 5) is 18.8. The Morgan fingerprint density at radius 2 is 1.86 bits per heavy atom. The van der Waals surface area contributed by atoms with Crippen molar-refractivity contribution in [1.82, 2.24) is 19.7 Å². The van der Waals surface area contributed by atoms with Gasteiger partial charge in [0.05, 0.1) is 17.3 Å². The first kappa shape index (κ1) is 22.2. The molecule has 0 N–H and O–H groups in total. The van der Waals surface area contributed by atoms with E-state index in [4.69, 9.17) is 10.00 Å². The van der Waals surface area contributed by atoms with Crippen molar-refractivity contribution in [3.05, 3.63) is 94.4 Å². The maximum atomic E-state index is 14.3. The SMILES string of the molecule is Cc1nn(C)cc1-c1ccc(CN2Cc3ccnc(Oc4c(F)cc(C#N)cc4F)c3C2=O)cc1. The molecule has 2 aromatic heterocycles. The van der Waals surface area contributed by atoms with Gasteiger partial charge in [-0.15, -0.1) is 0 Å². The minimum absolute atomic E-state index is 0.165. The highest BCUT2D eigenvalue weighted by molar-refractivity contribution is 6.00. The molecule has 0 bridgehead atoms. The summed E-state index contributed by atoms with van der Waals surface area (Å²) < 4.78 is 35.8. The van der Waals surface area contributed by atoms with Crippen LogP contribution in [0.5, 0.6) is 11.6 Å². The van der Waals surface area contributed by atoms with E-state index in [1.807, 2.05) is 44.4 Å². The van der Waals surface area contributed by atoms with Crippen LogP contribution in [0.15, 0.2) is 54.9 Å². The first-order valence-corrected chi connectivity index (χ1v) is 10.8. The van der Waals surface area contributed by atoms with E-state index in [-0.39, 0.29) is 22.9 Å². The van der Waals surface area contributed by atoms with E-state index >= 15 is 0 Å². The summed E-state index contributed by atoms with van der Waals surface area (Å²) >= 11 is 0. The number of rotatable bonds is 5. The molecule has 1 aliphatic rings. The van der Waals surface area contributed by atoms with Gasteiger partial charge in [-0.05, 0) is 41.8 Å². The van der Waals surface area contributed by atoms with Gasteiger partial charge < -0.3 is 9.64 Å². The average Bonchev–Trinajstić information content (AvgIpc) is 3.34. The molecule has 1 aliphatic heterocycles. The van der Waals surface area contributed by atoms with Crippen molar-refractivity contribution < 1.29 is 18.3 Å². The van der Waals surface area contributed by atoms with Gasteiger partial charge in [-0.2, -0.15) is 10.4 Å². The van der Waals surface area contributed by atoms with Gasteiger partial charge in [-0.1, -0.05) is 24.3 Å². The van der Waals surface area contributed by atoms with E-state index in [0.717, 1.165) is 34.5 Å². The number of aromatic nitrogens is 3. The number of nitriles is 1. The Hall–Kier alpha value is -4.58. The fraction of sp³-hybridized carbons (Fsp3) is 0.154. The highest BCUT2D eigenvalue weighted by Gasteiger charge is 2.32. The number of fused-ring (bicyclic) bond motifs is 1. The zero-order chi connectivity index (χ0) is 24.7. The molecule has 174 valence electrons. The number of aryl methyl sites for hydroxylation is 2. The van der Waals surface area contributed by atoms with Gasteiger partial charge in [-0.3, -0.25) is 9.48 Å². The largest absolute Gasteiger partial charge is 0.432 e. The molecule has 1 amide bonds. The predicted octanol–water partition coefficient (Wildman–Crippen LogP) is 4.89. The zero-order valence-electron chi connectivity index (χ0n) is 18.9. The molecule has 0 radical (unpaired) electrons. The number of nitrogens with zero attached hydrogens (tertiary/aromatic N) is 5. The van der Waals surface area contributed by atoms with Crippen molar-refractivity contribution >= 4 is 5.91 Å². The maximum Gasteiger partial charge on any atom is 0.260 e. The van der Waals surface area contributed by atoms with Gasteiger partial charge in [0, 0.05) is 38.1 Å². The van der Waals surface area contributed by atoms with Crippen molar-refractivity contribution in [2.24, 2.45) is 7.05 Å². The number of carbonyl (C=O) groups is 1. The summed E-state index contributed by atoms with van der Waals surface area (Å²) in [5.74, 6) is -3.33. The number of benzene rings is 2. The number of ether oxygens (including phenoxy) is 1. The summed E-state index contributed by atoms with van der Waals surface area (Å²) in [5.41, 5.74) is 4.57. The standard InChI is InChI=1S/C26H19F2N5O2/c1-15-20(14-32(2)31-15)18-5-3-16(4-6-18)12-33-13-19-7-8-30-25(23(19)26(33)34)35-24-21(27)9-17(11-29)10-22(24)28/h3-10,14H,12-13H2,1-2H3. The van der Waals surface area contributed by atoms with Crippen molar-refractivity contribution in [1.29, 1.82) is 5.26 Å². The Labute approximate surface area is 199 Å². The number of hydrogen-bond donors (Lipinski definition) is 0. The van der Waals surface area contributed by atoms with E-state index < -0.39 is 17.4 Å². The lowest BCUT2D eigenvalue weighted by molar-refractivity contribution is 0.0764. The number of carbonyl (C=O) groups excluding carboxylic acids is 1. The number of pyridine rings is 1. The third kappa shape index (κ3) is 4.10. The smallest absolute Gasteiger partial charge is 0.260 e. The lowest BCUT2D eigenvalue weighted by Gasteiger charge is -2.16. The monoisotopic (exact) mass is 471 g/mol. The van der Waals surface area contributed by atoms with Gasteiger partial charge in [-0.25, -0.2) is 13.8 Å². The van der Waals surface area contributed by atoms with Gasteiger partial charge in [0.2, 0.25) is 11.6 Å². The molecule has 9 heteroatoms. The van der Waals surface area contributed by atoms with E-state index in [1.165, 1.54) is 6.20 Å². The molecule has 35 heavy (non-hydrogen) atoms. The van der Waals surface area contributed by atoms with Crippen LogP contribution in [0.4, 0.5) is 8.78 Å². The van der Waals surface area contributed by atoms with Gasteiger partial charge in [0.15, 0.2) is 11.6 Å². The topological polar surface area (TPSA) is 84.0 Å². The van der Waals surface area contributed by atoms with Crippen LogP contribution in [-0.4, -0.2) is 25.6 Å². The van der Waals surface area contributed by atoms with Crippen molar-refractivity contribution in [2.45, 2.75) is 20.0 Å². The third-order valence-corrected chi connectivity index (χ3v) is 5.84. The van der Waals surface area contributed by atoms with Crippen LogP contribution in [0.3, 0.4) is 0 Å². The van der Waals surface area contributed by atoms with Gasteiger partial charge in [0.25, 0.3) is 5.91 Å². The predicted molar refractivity (Wildman–Crippen MR) is 122 cm³/mol. The minimum atomic E-state index is -1.05. The molecular weight excluding hydrogens is 452 g/mol. The molecule has 5 rings (SSSR count). The molecule has 0 saturated carbocycles. The Bertz CT molecular complexity index is 1480. The fourth-order valence-corrected chi connectivity index (χ4v) is 4.19. The molecule has 0 aliphatic carbocycles. The lowest BCUT2D eigenvalue weighted by Crippen LogP contribution is -2.23. The Kier molecular flexibility index (Phi) is 5.49. The van der Waals surface area contributed by atoms with E-state index in [9.17, 15) is 13.6 Å². The first-order chi connectivity index (χ1) is 16.8. The normalized spacial score (nSPS) is 12.5. The Morgan fingerprint density at radius 3 is 2.49 bits per heavy atom. The van der Waals surface area contributed by atoms with Crippen LogP contribution in [-0.2, 0) is 20.1 Å². The third-order valence-electron chi connectivity index (χ3n) is 5.84. The highest BCUT2D eigenvalue weighted by Crippen LogP contribution is 2.35. The molecule has 0 unspecified atom stereocenters. The molecule has 3 heterocycles. The summed E-state index contributed by atoms with van der Waals surface area (Å²) in [6.45, 7) is 2.61. The second-order valence-electron chi connectivity index (χ2n) is 8.29. The summed E-state index contributed by atoms with van der Waals surface area (Å²) in [7, 11) is 1.87. The molecule has 7 nitrogen and oxygen atoms in total. The molecule has 0 saturated heterocycles. The Balaban J connectivity index is 1.37. The molecular formula is C26H19F2N5O2. The van der Waals surface area contributed by atoms with Gasteiger partial charge in [0.1, 0.15) is 5.56 Å². The number of hydrogen-bond acceptors (Lipinski definition) is 5. The average molecular weight is 471 g/mol. The van der Waals surface area contributed by atoms with Crippen molar-refractivity contribution in [3.63, 3.8) is 0 Å².